The second-order valence-corrected chi connectivity index (χ2v) is 5.35. The van der Waals surface area contributed by atoms with Crippen molar-refractivity contribution in [2.24, 2.45) is 0 Å². The summed E-state index contributed by atoms with van der Waals surface area (Å²) < 4.78 is 16.9. The average Bonchev–Trinajstić information content (AvgIpc) is 3.03. The van der Waals surface area contributed by atoms with E-state index in [0.717, 1.165) is 10.9 Å². The van der Waals surface area contributed by atoms with Crippen LogP contribution in [0.2, 0.25) is 0 Å². The molecule has 2 aliphatic rings. The van der Waals surface area contributed by atoms with E-state index >= 15 is 0 Å². The lowest BCUT2D eigenvalue weighted by atomic mass is 9.85. The van der Waals surface area contributed by atoms with Crippen molar-refractivity contribution >= 4 is 16.8 Å². The van der Waals surface area contributed by atoms with Crippen molar-refractivity contribution < 1.29 is 18.7 Å². The second kappa shape index (κ2) is 4.01. The van der Waals surface area contributed by atoms with Gasteiger partial charge < -0.3 is 13.9 Å². The zero-order valence-electron chi connectivity index (χ0n) is 11.4. The van der Waals surface area contributed by atoms with Gasteiger partial charge in [-0.3, -0.25) is 4.79 Å². The Morgan fingerprint density at radius 2 is 1.91 bits per heavy atom. The quantitative estimate of drug-likeness (QED) is 0.627. The summed E-state index contributed by atoms with van der Waals surface area (Å²) in [5.41, 5.74) is 2.11. The number of Topliss-reactive ketones (excluding diaryl/α,β-unsaturated/α-hetero) is 1. The van der Waals surface area contributed by atoms with Gasteiger partial charge in [0.25, 0.3) is 0 Å². The van der Waals surface area contributed by atoms with E-state index in [1.807, 2.05) is 24.3 Å². The Morgan fingerprint density at radius 3 is 2.86 bits per heavy atom. The largest absolute Gasteiger partial charge is 0.464 e. The van der Waals surface area contributed by atoms with Crippen LogP contribution in [0.15, 0.2) is 65.2 Å². The Morgan fingerprint density at radius 1 is 1.00 bits per heavy atom. The van der Waals surface area contributed by atoms with Crippen LogP contribution < -0.4 is 9.47 Å². The van der Waals surface area contributed by atoms with E-state index in [4.69, 9.17) is 13.9 Å². The number of ether oxygens (including phenoxy) is 2. The number of hydrogen-bond donors (Lipinski definition) is 0. The molecular weight excluding hydrogens is 280 g/mol. The lowest BCUT2D eigenvalue weighted by Crippen LogP contribution is -2.27. The minimum absolute atomic E-state index is 0.0198. The van der Waals surface area contributed by atoms with Gasteiger partial charge in [0, 0.05) is 5.56 Å². The number of carbonyl (C=O) groups is 1. The topological polar surface area (TPSA) is 48.7 Å². The molecule has 22 heavy (non-hydrogen) atoms. The van der Waals surface area contributed by atoms with Crippen LogP contribution in [0.1, 0.15) is 21.8 Å². The number of rotatable bonds is 0. The molecule has 0 aliphatic carbocycles. The van der Waals surface area contributed by atoms with Crippen LogP contribution in [0, 0.1) is 0 Å². The van der Waals surface area contributed by atoms with Crippen LogP contribution in [0.5, 0.6) is 11.5 Å². The van der Waals surface area contributed by atoms with Crippen LogP contribution in [0.25, 0.3) is 11.0 Å². The first-order valence-corrected chi connectivity index (χ1v) is 7.01. The summed E-state index contributed by atoms with van der Waals surface area (Å²) in [7, 11) is 0. The summed E-state index contributed by atoms with van der Waals surface area (Å²) in [6.45, 7) is 0. The fourth-order valence-corrected chi connectivity index (χ4v) is 3.12. The predicted octanol–water partition coefficient (Wildman–Crippen LogP) is 4.03. The van der Waals surface area contributed by atoms with E-state index in [2.05, 4.69) is 0 Å². The molecule has 1 atom stereocenters. The number of ketones is 1. The lowest BCUT2D eigenvalue weighted by molar-refractivity contribution is 0.0928. The van der Waals surface area contributed by atoms with E-state index in [1.54, 1.807) is 24.5 Å². The van der Waals surface area contributed by atoms with Crippen molar-refractivity contribution in [1.82, 2.24) is 0 Å². The molecule has 0 spiro atoms. The molecule has 0 amide bonds. The first-order valence-electron chi connectivity index (χ1n) is 7.01. The van der Waals surface area contributed by atoms with Crippen molar-refractivity contribution in [1.29, 1.82) is 0 Å². The van der Waals surface area contributed by atoms with E-state index in [1.165, 1.54) is 6.26 Å². The maximum atomic E-state index is 13.0. The number of hydrogen-bond acceptors (Lipinski definition) is 4. The summed E-state index contributed by atoms with van der Waals surface area (Å²) in [4.78, 5) is 13.0. The molecular formula is C18H10O4. The van der Waals surface area contributed by atoms with Crippen molar-refractivity contribution in [2.75, 3.05) is 0 Å². The SMILES string of the molecule is O=C1c2ccc3occc3c2OC2=COc3ccccc3C12. The normalized spacial score (nSPS) is 18.6. The van der Waals surface area contributed by atoms with Gasteiger partial charge in [0.2, 0.25) is 0 Å². The van der Waals surface area contributed by atoms with Crippen LogP contribution in [0.4, 0.5) is 0 Å². The van der Waals surface area contributed by atoms with Crippen LogP contribution >= 0.6 is 0 Å². The smallest absolute Gasteiger partial charge is 0.181 e. The zero-order valence-corrected chi connectivity index (χ0v) is 11.4. The molecule has 0 bridgehead atoms. The summed E-state index contributed by atoms with van der Waals surface area (Å²) >= 11 is 0. The molecule has 2 aliphatic heterocycles. The summed E-state index contributed by atoms with van der Waals surface area (Å²) in [6.07, 6.45) is 3.11. The minimum Gasteiger partial charge on any atom is -0.464 e. The van der Waals surface area contributed by atoms with Crippen molar-refractivity contribution in [3.05, 3.63) is 71.9 Å². The molecule has 0 saturated carbocycles. The Balaban J connectivity index is 1.76. The Labute approximate surface area is 125 Å². The minimum atomic E-state index is -0.443. The van der Waals surface area contributed by atoms with Gasteiger partial charge in [-0.15, -0.1) is 0 Å². The van der Waals surface area contributed by atoms with Gasteiger partial charge in [0.15, 0.2) is 11.5 Å². The van der Waals surface area contributed by atoms with Gasteiger partial charge in [0.05, 0.1) is 17.2 Å². The number of furan rings is 1. The number of benzene rings is 2. The first-order chi connectivity index (χ1) is 10.8. The number of para-hydroxylation sites is 1. The van der Waals surface area contributed by atoms with Gasteiger partial charge in [0.1, 0.15) is 29.3 Å². The van der Waals surface area contributed by atoms with Gasteiger partial charge in [-0.25, -0.2) is 0 Å². The molecule has 0 saturated heterocycles. The fourth-order valence-electron chi connectivity index (χ4n) is 3.12. The first kappa shape index (κ1) is 11.6. The molecule has 0 N–H and O–H groups in total. The molecule has 1 unspecified atom stereocenters. The highest BCUT2D eigenvalue weighted by Gasteiger charge is 2.39. The standard InChI is InChI=1S/C18H10O4/c19-17-12-5-6-14-11(7-8-20-14)18(12)22-15-9-21-13-4-2-1-3-10(13)16(15)17/h1-9,16H. The van der Waals surface area contributed by atoms with Crippen molar-refractivity contribution in [2.45, 2.75) is 5.92 Å². The average molecular weight is 290 g/mol. The monoisotopic (exact) mass is 290 g/mol. The third-order valence-corrected chi connectivity index (χ3v) is 4.15. The predicted molar refractivity (Wildman–Crippen MR) is 79.1 cm³/mol. The fraction of sp³-hybridized carbons (Fsp3) is 0.0556. The van der Waals surface area contributed by atoms with Gasteiger partial charge in [-0.2, -0.15) is 0 Å². The lowest BCUT2D eigenvalue weighted by Gasteiger charge is -2.30. The molecule has 3 aromatic rings. The summed E-state index contributed by atoms with van der Waals surface area (Å²) in [5, 5.41) is 0.795. The maximum Gasteiger partial charge on any atom is 0.181 e. The van der Waals surface area contributed by atoms with E-state index in [-0.39, 0.29) is 5.78 Å². The van der Waals surface area contributed by atoms with E-state index < -0.39 is 5.92 Å². The molecule has 5 rings (SSSR count). The molecule has 0 radical (unpaired) electrons. The zero-order chi connectivity index (χ0) is 14.7. The number of carbonyl (C=O) groups excluding carboxylic acids is 1. The van der Waals surface area contributed by atoms with Crippen molar-refractivity contribution in [3.8, 4) is 11.5 Å². The number of fused-ring (bicyclic) bond motifs is 6. The van der Waals surface area contributed by atoms with Crippen LogP contribution in [0.3, 0.4) is 0 Å². The van der Waals surface area contributed by atoms with Gasteiger partial charge >= 0.3 is 0 Å². The van der Waals surface area contributed by atoms with E-state index in [0.29, 0.717) is 28.4 Å². The highest BCUT2D eigenvalue weighted by Crippen LogP contribution is 2.46. The Kier molecular flexibility index (Phi) is 2.12. The van der Waals surface area contributed by atoms with E-state index in [9.17, 15) is 4.79 Å². The van der Waals surface area contributed by atoms with Gasteiger partial charge in [-0.1, -0.05) is 18.2 Å². The maximum absolute atomic E-state index is 13.0. The molecule has 2 aromatic carbocycles. The summed E-state index contributed by atoms with van der Waals surface area (Å²) in [6, 6.07) is 12.9. The molecule has 0 fully saturated rings. The Bertz CT molecular complexity index is 964. The number of allylic oxidation sites excluding steroid dienone is 1. The molecule has 106 valence electrons. The van der Waals surface area contributed by atoms with Crippen LogP contribution in [-0.2, 0) is 0 Å². The second-order valence-electron chi connectivity index (χ2n) is 5.35. The molecule has 4 heteroatoms. The molecule has 1 aromatic heterocycles. The van der Waals surface area contributed by atoms with Gasteiger partial charge in [-0.05, 0) is 24.3 Å². The summed E-state index contributed by atoms with van der Waals surface area (Å²) in [5.74, 6) is 1.33. The highest BCUT2D eigenvalue weighted by atomic mass is 16.5. The molecule has 3 heterocycles. The third kappa shape index (κ3) is 1.39. The van der Waals surface area contributed by atoms with Crippen LogP contribution in [-0.4, -0.2) is 5.78 Å². The third-order valence-electron chi connectivity index (χ3n) is 4.15. The Hall–Kier alpha value is -3.01. The highest BCUT2D eigenvalue weighted by molar-refractivity contribution is 6.10. The van der Waals surface area contributed by atoms with Crippen molar-refractivity contribution in [3.63, 3.8) is 0 Å². The molecule has 4 nitrogen and oxygen atoms in total.